The lowest BCUT2D eigenvalue weighted by molar-refractivity contribution is -0.128. The van der Waals surface area contributed by atoms with Gasteiger partial charge in [-0.1, -0.05) is 12.8 Å². The molecule has 15 heteroatoms. The number of piperazine rings is 1. The third-order valence-corrected chi connectivity index (χ3v) is 10.1. The number of ether oxygens (including phenoxy) is 1. The van der Waals surface area contributed by atoms with E-state index in [4.69, 9.17) is 9.72 Å². The van der Waals surface area contributed by atoms with Gasteiger partial charge in [0.05, 0.1) is 17.4 Å². The second-order valence-corrected chi connectivity index (χ2v) is 13.2. The number of aromatic nitrogens is 4. The van der Waals surface area contributed by atoms with Gasteiger partial charge in [-0.05, 0) is 57.2 Å². The Kier molecular flexibility index (Phi) is 8.35. The summed E-state index contributed by atoms with van der Waals surface area (Å²) < 4.78 is 35.8. The molecule has 1 atom stereocenters. The van der Waals surface area contributed by atoms with Gasteiger partial charge in [0.15, 0.2) is 5.78 Å². The van der Waals surface area contributed by atoms with Crippen molar-refractivity contribution in [2.75, 3.05) is 43.0 Å². The van der Waals surface area contributed by atoms with Crippen LogP contribution in [0, 0.1) is 6.92 Å². The van der Waals surface area contributed by atoms with E-state index in [1.807, 2.05) is 11.0 Å². The number of hydrogen-bond acceptors (Lipinski definition) is 11. The van der Waals surface area contributed by atoms with E-state index in [1.54, 1.807) is 30.0 Å². The molecule has 1 unspecified atom stereocenters. The summed E-state index contributed by atoms with van der Waals surface area (Å²) in [4.78, 5) is 53.8. The maximum atomic E-state index is 13.5. The highest BCUT2D eigenvalue weighted by Crippen LogP contribution is 2.32. The summed E-state index contributed by atoms with van der Waals surface area (Å²) in [6, 6.07) is 3.64. The average molecular weight is 625 g/mol. The Hall–Kier alpha value is -3.95. The van der Waals surface area contributed by atoms with Gasteiger partial charge in [-0.15, -0.1) is 0 Å². The number of aryl methyl sites for hydroxylation is 1. The molecule has 1 amide bonds. The number of ketones is 1. The van der Waals surface area contributed by atoms with Crippen LogP contribution in [0.1, 0.15) is 67.4 Å². The van der Waals surface area contributed by atoms with Crippen LogP contribution in [-0.2, 0) is 19.7 Å². The van der Waals surface area contributed by atoms with Crippen molar-refractivity contribution in [2.45, 2.75) is 64.5 Å². The minimum atomic E-state index is -3.95. The predicted octanol–water partition coefficient (Wildman–Crippen LogP) is 2.22. The molecule has 0 bridgehead atoms. The van der Waals surface area contributed by atoms with Crippen molar-refractivity contribution >= 4 is 50.4 Å². The Morgan fingerprint density at radius 2 is 1.75 bits per heavy atom. The smallest absolute Gasteiger partial charge is 0.304 e. The fourth-order valence-corrected chi connectivity index (χ4v) is 7.46. The van der Waals surface area contributed by atoms with Crippen LogP contribution in [0.2, 0.25) is 0 Å². The fraction of sp³-hybridized carbons (Fsp3) is 0.517. The van der Waals surface area contributed by atoms with Gasteiger partial charge in [0.2, 0.25) is 5.95 Å². The van der Waals surface area contributed by atoms with Gasteiger partial charge in [-0.3, -0.25) is 19.0 Å². The molecule has 234 valence electrons. The molecule has 0 spiro atoms. The normalized spacial score (nSPS) is 19.9. The van der Waals surface area contributed by atoms with Crippen molar-refractivity contribution in [1.29, 1.82) is 0 Å². The van der Waals surface area contributed by atoms with E-state index in [0.29, 0.717) is 48.5 Å². The molecule has 0 aromatic carbocycles. The Morgan fingerprint density at radius 1 is 1.00 bits per heavy atom. The molecule has 2 N–H and O–H groups in total. The number of nitrogens with zero attached hydrogens (tertiary/aromatic N) is 6. The lowest BCUT2D eigenvalue weighted by atomic mass is 10.0. The summed E-state index contributed by atoms with van der Waals surface area (Å²) >= 11 is 0. The highest BCUT2D eigenvalue weighted by Gasteiger charge is 2.32. The second kappa shape index (κ2) is 12.2. The van der Waals surface area contributed by atoms with Gasteiger partial charge in [0.25, 0.3) is 11.5 Å². The number of fused-ring (bicyclic) bond motifs is 1. The number of anilines is 3. The maximum absolute atomic E-state index is 13.5. The first kappa shape index (κ1) is 30.1. The zero-order valence-corrected chi connectivity index (χ0v) is 25.6. The van der Waals surface area contributed by atoms with Crippen LogP contribution >= 0.6 is 0 Å². The number of Topliss-reactive ketones (excluding diaryl/α,β-unsaturated/α-hetero) is 1. The zero-order valence-electron chi connectivity index (χ0n) is 24.8. The summed E-state index contributed by atoms with van der Waals surface area (Å²) in [5.74, 6) is -0.108. The third-order valence-electron chi connectivity index (χ3n) is 8.63. The summed E-state index contributed by atoms with van der Waals surface area (Å²) in [7, 11) is -3.95. The van der Waals surface area contributed by atoms with Crippen LogP contribution in [0.3, 0.4) is 0 Å². The molecule has 1 saturated carbocycles. The highest BCUT2D eigenvalue weighted by atomic mass is 32.2. The fourth-order valence-electron chi connectivity index (χ4n) is 6.30. The van der Waals surface area contributed by atoms with Crippen LogP contribution < -0.4 is 20.5 Å². The van der Waals surface area contributed by atoms with Gasteiger partial charge in [0, 0.05) is 50.4 Å². The Morgan fingerprint density at radius 3 is 2.39 bits per heavy atom. The van der Waals surface area contributed by atoms with Gasteiger partial charge >= 0.3 is 10.2 Å². The zero-order chi connectivity index (χ0) is 31.0. The number of pyridine rings is 2. The second-order valence-electron chi connectivity index (χ2n) is 11.5. The molecule has 14 nitrogen and oxygen atoms in total. The first-order valence-electron chi connectivity index (χ1n) is 15.0. The molecule has 2 aliphatic heterocycles. The molecule has 3 aromatic rings. The van der Waals surface area contributed by atoms with E-state index < -0.39 is 22.2 Å². The predicted molar refractivity (Wildman–Crippen MR) is 163 cm³/mol. The van der Waals surface area contributed by atoms with E-state index in [1.165, 1.54) is 11.2 Å². The summed E-state index contributed by atoms with van der Waals surface area (Å²) in [6.07, 6.45) is 7.61. The van der Waals surface area contributed by atoms with Crippen molar-refractivity contribution in [3.63, 3.8) is 0 Å². The highest BCUT2D eigenvalue weighted by molar-refractivity contribution is 7.87. The Bertz CT molecular complexity index is 1740. The summed E-state index contributed by atoms with van der Waals surface area (Å²) in [5.41, 5.74) is 1.78. The molecule has 3 aromatic heterocycles. The van der Waals surface area contributed by atoms with Crippen molar-refractivity contribution in [3.05, 3.63) is 46.0 Å². The topological polar surface area (TPSA) is 169 Å². The number of nitrogens with one attached hydrogen (secondary N) is 2. The van der Waals surface area contributed by atoms with Crippen LogP contribution in [0.5, 0.6) is 0 Å². The van der Waals surface area contributed by atoms with E-state index in [9.17, 15) is 22.8 Å². The standard InChI is InChI=1S/C29H36N8O6S/c1-18-22-17-31-29(33-26(22)37(20-6-3-4-7-20)28(40)25(18)19(2)38)32-24-10-9-21(16-30-24)35-11-13-36(14-12-35)44(41,42)34-27(39)23-8-5-15-43-23/h9-10,16-17,20,23H,3-8,11-15H2,1-2H3,(H,34,39)(H,30,31,32,33). The lowest BCUT2D eigenvalue weighted by Crippen LogP contribution is -2.54. The third kappa shape index (κ3) is 5.90. The summed E-state index contributed by atoms with van der Waals surface area (Å²) in [6.45, 7) is 4.91. The largest absolute Gasteiger partial charge is 0.368 e. The van der Waals surface area contributed by atoms with Gasteiger partial charge < -0.3 is 15.0 Å². The lowest BCUT2D eigenvalue weighted by Gasteiger charge is -2.35. The quantitative estimate of drug-likeness (QED) is 0.353. The monoisotopic (exact) mass is 624 g/mol. The molecular formula is C29H36N8O6S. The molecular weight excluding hydrogens is 588 g/mol. The van der Waals surface area contributed by atoms with E-state index in [2.05, 4.69) is 20.0 Å². The van der Waals surface area contributed by atoms with E-state index in [0.717, 1.165) is 37.8 Å². The van der Waals surface area contributed by atoms with E-state index >= 15 is 0 Å². The van der Waals surface area contributed by atoms with Crippen LogP contribution in [0.4, 0.5) is 17.5 Å². The van der Waals surface area contributed by atoms with Gasteiger partial charge in [-0.2, -0.15) is 17.7 Å². The number of hydrogen-bond donors (Lipinski definition) is 2. The molecule has 5 heterocycles. The number of carbonyl (C=O) groups is 2. The molecule has 2 saturated heterocycles. The van der Waals surface area contributed by atoms with Crippen molar-refractivity contribution in [2.24, 2.45) is 0 Å². The SMILES string of the molecule is CC(=O)c1c(C)c2cnc(Nc3ccc(N4CCN(S(=O)(=O)NC(=O)C5CCCO5)CC4)cn3)nc2n(C2CCCC2)c1=O. The maximum Gasteiger partial charge on any atom is 0.304 e. The number of carbonyl (C=O) groups excluding carboxylic acids is 2. The summed E-state index contributed by atoms with van der Waals surface area (Å²) in [5, 5.41) is 3.79. The van der Waals surface area contributed by atoms with Crippen molar-refractivity contribution in [3.8, 4) is 0 Å². The Labute approximate surface area is 255 Å². The molecule has 3 aliphatic rings. The van der Waals surface area contributed by atoms with Gasteiger partial charge in [-0.25, -0.2) is 14.7 Å². The van der Waals surface area contributed by atoms with Crippen molar-refractivity contribution in [1.82, 2.24) is 28.5 Å². The Balaban J connectivity index is 1.14. The molecule has 3 fully saturated rings. The van der Waals surface area contributed by atoms with Crippen LogP contribution in [0.25, 0.3) is 11.0 Å². The minimum Gasteiger partial charge on any atom is -0.368 e. The van der Waals surface area contributed by atoms with E-state index in [-0.39, 0.29) is 42.0 Å². The number of amides is 1. The van der Waals surface area contributed by atoms with Crippen LogP contribution in [0.15, 0.2) is 29.3 Å². The van der Waals surface area contributed by atoms with Crippen molar-refractivity contribution < 1.29 is 22.7 Å². The average Bonchev–Trinajstić information content (AvgIpc) is 3.73. The molecule has 1 aliphatic carbocycles. The minimum absolute atomic E-state index is 0.0168. The first-order chi connectivity index (χ1) is 21.1. The molecule has 0 radical (unpaired) electrons. The number of rotatable bonds is 8. The molecule has 6 rings (SSSR count). The van der Waals surface area contributed by atoms with Gasteiger partial charge in [0.1, 0.15) is 17.6 Å². The first-order valence-corrected chi connectivity index (χ1v) is 16.4. The van der Waals surface area contributed by atoms with Crippen LogP contribution in [-0.4, -0.2) is 82.8 Å². The molecule has 44 heavy (non-hydrogen) atoms.